The summed E-state index contributed by atoms with van der Waals surface area (Å²) in [6.07, 6.45) is -2.32. The van der Waals surface area contributed by atoms with Gasteiger partial charge in [-0.3, -0.25) is 9.78 Å². The summed E-state index contributed by atoms with van der Waals surface area (Å²) in [6.45, 7) is 0. The zero-order valence-corrected chi connectivity index (χ0v) is 10.7. The molecule has 1 amide bonds. The maximum absolute atomic E-state index is 11.6. The summed E-state index contributed by atoms with van der Waals surface area (Å²) < 4.78 is 4.59. The molecule has 1 aromatic rings. The summed E-state index contributed by atoms with van der Waals surface area (Å²) in [5.74, 6) is -1.55. The van der Waals surface area contributed by atoms with Crippen molar-refractivity contribution in [3.8, 4) is 0 Å². The summed E-state index contributed by atoms with van der Waals surface area (Å²) in [5, 5.41) is 31.8. The fourth-order valence-corrected chi connectivity index (χ4v) is 1.69. The van der Waals surface area contributed by atoms with E-state index in [1.54, 1.807) is 0 Å². The molecule has 0 bridgehead atoms. The average molecular weight is 295 g/mol. The molecule has 1 aliphatic heterocycles. The van der Waals surface area contributed by atoms with Gasteiger partial charge in [0.2, 0.25) is 0 Å². The summed E-state index contributed by atoms with van der Waals surface area (Å²) in [7, 11) is 0. The Bertz CT molecular complexity index is 549. The Kier molecular flexibility index (Phi) is 4.58. The highest BCUT2D eigenvalue weighted by molar-refractivity contribution is 5.94. The van der Waals surface area contributed by atoms with E-state index in [0.29, 0.717) is 5.56 Å². The highest BCUT2D eigenvalue weighted by Gasteiger charge is 2.45. The average Bonchev–Trinajstić information content (AvgIpc) is 2.75. The number of nitrogens with one attached hydrogen (secondary N) is 1. The van der Waals surface area contributed by atoms with E-state index in [0.717, 1.165) is 6.21 Å². The first-order valence-corrected chi connectivity index (χ1v) is 5.99. The van der Waals surface area contributed by atoms with Gasteiger partial charge in [0.1, 0.15) is 12.2 Å². The Morgan fingerprint density at radius 1 is 1.43 bits per heavy atom. The maximum Gasteiger partial charge on any atom is 0.338 e. The number of hydrazone groups is 1. The number of hydrogen-bond acceptors (Lipinski definition) is 8. The Balaban J connectivity index is 1.90. The number of aromatic nitrogens is 1. The SMILES string of the molecule is O=C(N/N=C\[C@H](O)[C@@H]1OC(=O)[C@@H](O)[C@@H]1O)c1ccncc1. The van der Waals surface area contributed by atoms with Crippen molar-refractivity contribution >= 4 is 18.1 Å². The summed E-state index contributed by atoms with van der Waals surface area (Å²) >= 11 is 0. The van der Waals surface area contributed by atoms with Gasteiger partial charge in [0, 0.05) is 18.0 Å². The Labute approximate surface area is 118 Å². The molecular weight excluding hydrogens is 282 g/mol. The van der Waals surface area contributed by atoms with E-state index in [4.69, 9.17) is 0 Å². The molecule has 0 aromatic carbocycles. The molecule has 1 aromatic heterocycles. The molecule has 9 heteroatoms. The number of pyridine rings is 1. The van der Waals surface area contributed by atoms with E-state index in [2.05, 4.69) is 20.2 Å². The van der Waals surface area contributed by atoms with Crippen molar-refractivity contribution in [2.75, 3.05) is 0 Å². The van der Waals surface area contributed by atoms with Crippen LogP contribution in [0, 0.1) is 0 Å². The number of rotatable bonds is 4. The lowest BCUT2D eigenvalue weighted by molar-refractivity contribution is -0.149. The Morgan fingerprint density at radius 2 is 2.10 bits per heavy atom. The van der Waals surface area contributed by atoms with Crippen molar-refractivity contribution in [3.05, 3.63) is 30.1 Å². The number of aliphatic hydroxyl groups is 3. The fraction of sp³-hybridized carbons (Fsp3) is 0.333. The van der Waals surface area contributed by atoms with Gasteiger partial charge >= 0.3 is 5.97 Å². The van der Waals surface area contributed by atoms with E-state index < -0.39 is 36.3 Å². The molecule has 21 heavy (non-hydrogen) atoms. The van der Waals surface area contributed by atoms with Crippen molar-refractivity contribution < 1.29 is 29.6 Å². The van der Waals surface area contributed by atoms with Crippen molar-refractivity contribution in [1.29, 1.82) is 0 Å². The maximum atomic E-state index is 11.6. The van der Waals surface area contributed by atoms with E-state index in [1.165, 1.54) is 24.5 Å². The highest BCUT2D eigenvalue weighted by Crippen LogP contribution is 2.18. The minimum Gasteiger partial charge on any atom is -0.454 e. The zero-order chi connectivity index (χ0) is 15.4. The predicted molar refractivity (Wildman–Crippen MR) is 68.1 cm³/mol. The van der Waals surface area contributed by atoms with Crippen LogP contribution < -0.4 is 5.43 Å². The van der Waals surface area contributed by atoms with Crippen LogP contribution in [0.1, 0.15) is 10.4 Å². The molecule has 0 radical (unpaired) electrons. The standard InChI is InChI=1S/C12H13N3O6/c16-7(10-8(17)9(18)12(20)21-10)5-14-15-11(19)6-1-3-13-4-2-6/h1-5,7-10,16-18H,(H,15,19)/b14-5-/t7-,8-,9-,10-/m0/s1. The lowest BCUT2D eigenvalue weighted by Crippen LogP contribution is -2.39. The molecular formula is C12H13N3O6. The van der Waals surface area contributed by atoms with Crippen LogP contribution in [0.15, 0.2) is 29.6 Å². The number of esters is 1. The molecule has 2 rings (SSSR count). The first-order chi connectivity index (χ1) is 10.0. The number of hydrogen-bond donors (Lipinski definition) is 4. The minimum absolute atomic E-state index is 0.319. The number of amides is 1. The lowest BCUT2D eigenvalue weighted by atomic mass is 10.1. The van der Waals surface area contributed by atoms with Crippen LogP contribution in [0.2, 0.25) is 0 Å². The second-order valence-electron chi connectivity index (χ2n) is 4.28. The molecule has 9 nitrogen and oxygen atoms in total. The summed E-state index contributed by atoms with van der Waals surface area (Å²) in [6, 6.07) is 2.94. The van der Waals surface area contributed by atoms with Gasteiger partial charge in [-0.15, -0.1) is 0 Å². The third kappa shape index (κ3) is 3.40. The molecule has 4 N–H and O–H groups in total. The monoisotopic (exact) mass is 295 g/mol. The first kappa shape index (κ1) is 15.0. The molecule has 0 spiro atoms. The van der Waals surface area contributed by atoms with Gasteiger partial charge in [0.25, 0.3) is 5.91 Å². The Hall–Kier alpha value is -2.36. The largest absolute Gasteiger partial charge is 0.454 e. The lowest BCUT2D eigenvalue weighted by Gasteiger charge is -2.16. The van der Waals surface area contributed by atoms with Crippen LogP contribution in [0.5, 0.6) is 0 Å². The second-order valence-corrected chi connectivity index (χ2v) is 4.28. The van der Waals surface area contributed by atoms with Crippen LogP contribution in [-0.2, 0) is 9.53 Å². The molecule has 112 valence electrons. The van der Waals surface area contributed by atoms with Crippen LogP contribution >= 0.6 is 0 Å². The smallest absolute Gasteiger partial charge is 0.338 e. The number of aliphatic hydroxyl groups excluding tert-OH is 3. The molecule has 0 unspecified atom stereocenters. The van der Waals surface area contributed by atoms with E-state index in [9.17, 15) is 24.9 Å². The molecule has 2 heterocycles. The van der Waals surface area contributed by atoms with Crippen LogP contribution in [0.3, 0.4) is 0 Å². The number of ether oxygens (including phenoxy) is 1. The number of carbonyl (C=O) groups is 2. The molecule has 0 aliphatic carbocycles. The van der Waals surface area contributed by atoms with Gasteiger partial charge in [0.05, 0.1) is 6.21 Å². The first-order valence-electron chi connectivity index (χ1n) is 5.99. The van der Waals surface area contributed by atoms with Gasteiger partial charge in [-0.2, -0.15) is 5.10 Å². The van der Waals surface area contributed by atoms with E-state index >= 15 is 0 Å². The van der Waals surface area contributed by atoms with Gasteiger partial charge in [-0.25, -0.2) is 10.2 Å². The fourth-order valence-electron chi connectivity index (χ4n) is 1.69. The van der Waals surface area contributed by atoms with Crippen molar-refractivity contribution in [1.82, 2.24) is 10.4 Å². The van der Waals surface area contributed by atoms with E-state index in [1.807, 2.05) is 0 Å². The molecule has 1 fully saturated rings. The highest BCUT2D eigenvalue weighted by atomic mass is 16.6. The van der Waals surface area contributed by atoms with Gasteiger partial charge in [-0.1, -0.05) is 0 Å². The molecule has 1 saturated heterocycles. The molecule has 4 atom stereocenters. The topological polar surface area (TPSA) is 141 Å². The van der Waals surface area contributed by atoms with Crippen LogP contribution in [0.4, 0.5) is 0 Å². The van der Waals surface area contributed by atoms with Crippen LogP contribution in [-0.4, -0.2) is 62.8 Å². The van der Waals surface area contributed by atoms with Crippen LogP contribution in [0.25, 0.3) is 0 Å². The molecule has 1 aliphatic rings. The molecule has 0 saturated carbocycles. The number of carbonyl (C=O) groups excluding carboxylic acids is 2. The van der Waals surface area contributed by atoms with Gasteiger partial charge < -0.3 is 20.1 Å². The third-order valence-corrected chi connectivity index (χ3v) is 2.83. The minimum atomic E-state index is -1.70. The van der Waals surface area contributed by atoms with Gasteiger partial charge in [0.15, 0.2) is 12.2 Å². The number of nitrogens with zero attached hydrogens (tertiary/aromatic N) is 2. The second kappa shape index (κ2) is 6.39. The summed E-state index contributed by atoms with van der Waals surface area (Å²) in [5.41, 5.74) is 2.47. The normalized spacial score (nSPS) is 26.6. The van der Waals surface area contributed by atoms with Gasteiger partial charge in [-0.05, 0) is 12.1 Å². The third-order valence-electron chi connectivity index (χ3n) is 2.83. The predicted octanol–water partition coefficient (Wildman–Crippen LogP) is -2.19. The van der Waals surface area contributed by atoms with Crippen molar-refractivity contribution in [2.45, 2.75) is 24.4 Å². The zero-order valence-electron chi connectivity index (χ0n) is 10.7. The number of cyclic esters (lactones) is 1. The quantitative estimate of drug-likeness (QED) is 0.281. The van der Waals surface area contributed by atoms with E-state index in [-0.39, 0.29) is 0 Å². The Morgan fingerprint density at radius 3 is 2.67 bits per heavy atom. The van der Waals surface area contributed by atoms with Crippen molar-refractivity contribution in [3.63, 3.8) is 0 Å². The van der Waals surface area contributed by atoms with Crippen molar-refractivity contribution in [2.24, 2.45) is 5.10 Å². The summed E-state index contributed by atoms with van der Waals surface area (Å²) in [4.78, 5) is 26.4.